The third-order valence-electron chi connectivity index (χ3n) is 3.84. The van der Waals surface area contributed by atoms with Crippen molar-refractivity contribution in [1.82, 2.24) is 4.90 Å². The molecule has 0 aromatic rings. The average molecular weight is 369 g/mol. The van der Waals surface area contributed by atoms with E-state index in [0.29, 0.717) is 17.3 Å². The van der Waals surface area contributed by atoms with Gasteiger partial charge < -0.3 is 9.64 Å². The van der Waals surface area contributed by atoms with Gasteiger partial charge in [-0.25, -0.2) is 4.79 Å². The summed E-state index contributed by atoms with van der Waals surface area (Å²) >= 11 is 7.18. The molecule has 0 aromatic carbocycles. The number of halogens is 2. The van der Waals surface area contributed by atoms with Crippen LogP contribution in [-0.2, 0) is 4.74 Å². The van der Waals surface area contributed by atoms with E-state index in [1.54, 1.807) is 0 Å². The highest BCUT2D eigenvalue weighted by atomic mass is 79.9. The van der Waals surface area contributed by atoms with Crippen LogP contribution in [0.5, 0.6) is 0 Å². The second-order valence-corrected chi connectivity index (χ2v) is 7.22. The van der Waals surface area contributed by atoms with Crippen molar-refractivity contribution in [3.63, 3.8) is 0 Å². The van der Waals surface area contributed by atoms with Gasteiger partial charge >= 0.3 is 6.09 Å². The van der Waals surface area contributed by atoms with Gasteiger partial charge in [-0.1, -0.05) is 31.9 Å². The normalized spacial score (nSPS) is 30.1. The number of piperidine rings is 1. The molecule has 5 heteroatoms. The Morgan fingerprint density at radius 3 is 2.12 bits per heavy atom. The Morgan fingerprint density at radius 2 is 1.76 bits per heavy atom. The molecule has 1 aliphatic heterocycles. The highest BCUT2D eigenvalue weighted by molar-refractivity contribution is 9.09. The molecule has 0 aromatic heterocycles. The molecule has 0 spiro atoms. The molecule has 0 radical (unpaired) electrons. The van der Waals surface area contributed by atoms with Crippen molar-refractivity contribution in [2.24, 2.45) is 17.3 Å². The molecule has 2 fully saturated rings. The Labute approximate surface area is 120 Å². The summed E-state index contributed by atoms with van der Waals surface area (Å²) in [6.07, 6.45) is -0.164. The zero-order valence-electron chi connectivity index (χ0n) is 10.5. The van der Waals surface area contributed by atoms with E-state index in [1.165, 1.54) is 0 Å². The summed E-state index contributed by atoms with van der Waals surface area (Å²) in [5.74, 6) is 1.27. The minimum Gasteiger partial charge on any atom is -0.444 e. The minimum absolute atomic E-state index is 0.164. The molecule has 3 nitrogen and oxygen atoms in total. The molecule has 98 valence electrons. The van der Waals surface area contributed by atoms with Crippen LogP contribution in [0.3, 0.4) is 0 Å². The van der Waals surface area contributed by atoms with Gasteiger partial charge in [0.05, 0.1) is 0 Å². The lowest BCUT2D eigenvalue weighted by atomic mass is 10.1. The maximum atomic E-state index is 11.9. The number of hydrogen-bond acceptors (Lipinski definition) is 2. The van der Waals surface area contributed by atoms with Crippen LogP contribution in [0.1, 0.15) is 20.8 Å². The monoisotopic (exact) mass is 367 g/mol. The summed E-state index contributed by atoms with van der Waals surface area (Å²) in [5.41, 5.74) is -0.0235. The Hall–Kier alpha value is 0.230. The largest absolute Gasteiger partial charge is 0.444 e. The van der Waals surface area contributed by atoms with Crippen LogP contribution < -0.4 is 0 Å². The van der Waals surface area contributed by atoms with E-state index in [4.69, 9.17) is 4.74 Å². The fourth-order valence-corrected chi connectivity index (χ4v) is 5.34. The fourth-order valence-electron chi connectivity index (χ4n) is 2.75. The van der Waals surface area contributed by atoms with E-state index in [2.05, 4.69) is 31.9 Å². The quantitative estimate of drug-likeness (QED) is 0.700. The predicted molar refractivity (Wildman–Crippen MR) is 74.8 cm³/mol. The highest BCUT2D eigenvalue weighted by Gasteiger charge is 2.67. The topological polar surface area (TPSA) is 29.5 Å². The SMILES string of the molecule is CC(C)(C)OC(=O)N1CC2C(C1)C2(CBr)CBr. The molecule has 2 rings (SSSR count). The van der Waals surface area contributed by atoms with Crippen LogP contribution in [0.4, 0.5) is 4.79 Å². The van der Waals surface area contributed by atoms with Crippen molar-refractivity contribution in [2.45, 2.75) is 26.4 Å². The number of amides is 1. The highest BCUT2D eigenvalue weighted by Crippen LogP contribution is 2.64. The number of hydrogen-bond donors (Lipinski definition) is 0. The summed E-state index contributed by atoms with van der Waals surface area (Å²) in [6.45, 7) is 7.41. The van der Waals surface area contributed by atoms with Crippen LogP contribution in [-0.4, -0.2) is 40.3 Å². The van der Waals surface area contributed by atoms with E-state index in [9.17, 15) is 4.79 Å². The molecular formula is C12H19Br2NO2. The van der Waals surface area contributed by atoms with Crippen molar-refractivity contribution in [2.75, 3.05) is 23.7 Å². The second-order valence-electron chi connectivity index (χ2n) is 6.10. The summed E-state index contributed by atoms with van der Waals surface area (Å²) in [6, 6.07) is 0. The van der Waals surface area contributed by atoms with E-state index in [0.717, 1.165) is 23.7 Å². The van der Waals surface area contributed by atoms with Crippen molar-refractivity contribution >= 4 is 38.0 Å². The first-order chi connectivity index (χ1) is 7.84. The van der Waals surface area contributed by atoms with Gasteiger partial charge in [-0.3, -0.25) is 0 Å². The molecule has 1 heterocycles. The molecule has 0 bridgehead atoms. The van der Waals surface area contributed by atoms with Gasteiger partial charge in [0, 0.05) is 23.7 Å². The van der Waals surface area contributed by atoms with Crippen LogP contribution in [0.2, 0.25) is 0 Å². The summed E-state index contributed by atoms with van der Waals surface area (Å²) in [7, 11) is 0. The number of nitrogens with zero attached hydrogens (tertiary/aromatic N) is 1. The van der Waals surface area contributed by atoms with Crippen LogP contribution in [0.25, 0.3) is 0 Å². The van der Waals surface area contributed by atoms with E-state index in [1.807, 2.05) is 25.7 Å². The predicted octanol–water partition coefficient (Wildman–Crippen LogP) is 3.26. The second kappa shape index (κ2) is 4.41. The number of fused-ring (bicyclic) bond motifs is 1. The zero-order valence-corrected chi connectivity index (χ0v) is 13.7. The first-order valence-electron chi connectivity index (χ1n) is 5.94. The number of rotatable bonds is 2. The standard InChI is InChI=1S/C12H19Br2NO2/c1-11(2,3)17-10(16)15-4-8-9(5-15)12(8,6-13)7-14/h8-9H,4-7H2,1-3H3. The van der Waals surface area contributed by atoms with Gasteiger partial charge in [0.15, 0.2) is 0 Å². The van der Waals surface area contributed by atoms with Gasteiger partial charge in [0.1, 0.15) is 5.60 Å². The van der Waals surface area contributed by atoms with Crippen molar-refractivity contribution < 1.29 is 9.53 Å². The number of carbonyl (C=O) groups excluding carboxylic acids is 1. The third-order valence-corrected chi connectivity index (χ3v) is 5.92. The number of carbonyl (C=O) groups is 1. The lowest BCUT2D eigenvalue weighted by molar-refractivity contribution is 0.0257. The van der Waals surface area contributed by atoms with Gasteiger partial charge in [-0.2, -0.15) is 0 Å². The third kappa shape index (κ3) is 2.37. The van der Waals surface area contributed by atoms with E-state index in [-0.39, 0.29) is 6.09 Å². The Morgan fingerprint density at radius 1 is 1.29 bits per heavy atom. The molecule has 2 unspecified atom stereocenters. The number of likely N-dealkylation sites (tertiary alicyclic amines) is 1. The Balaban J connectivity index is 1.89. The summed E-state index contributed by atoms with van der Waals surface area (Å²) < 4.78 is 5.39. The molecule has 0 N–H and O–H groups in total. The van der Waals surface area contributed by atoms with Gasteiger partial charge in [0.25, 0.3) is 0 Å². The van der Waals surface area contributed by atoms with Gasteiger partial charge in [-0.15, -0.1) is 0 Å². The van der Waals surface area contributed by atoms with E-state index < -0.39 is 5.60 Å². The molecule has 1 amide bonds. The first kappa shape index (κ1) is 13.7. The molecule has 1 aliphatic carbocycles. The van der Waals surface area contributed by atoms with Crippen LogP contribution in [0, 0.1) is 17.3 Å². The van der Waals surface area contributed by atoms with Crippen LogP contribution in [0.15, 0.2) is 0 Å². The van der Waals surface area contributed by atoms with Crippen molar-refractivity contribution in [3.8, 4) is 0 Å². The van der Waals surface area contributed by atoms with Gasteiger partial charge in [0.2, 0.25) is 0 Å². The molecular weight excluding hydrogens is 350 g/mol. The van der Waals surface area contributed by atoms with Gasteiger partial charge in [-0.05, 0) is 38.0 Å². The van der Waals surface area contributed by atoms with Crippen LogP contribution >= 0.6 is 31.9 Å². The maximum Gasteiger partial charge on any atom is 0.410 e. The zero-order chi connectivity index (χ0) is 12.8. The maximum absolute atomic E-state index is 11.9. The summed E-state index contributed by atoms with van der Waals surface area (Å²) in [4.78, 5) is 13.7. The molecule has 1 saturated heterocycles. The smallest absolute Gasteiger partial charge is 0.410 e. The number of ether oxygens (including phenoxy) is 1. The lowest BCUT2D eigenvalue weighted by Crippen LogP contribution is -2.38. The van der Waals surface area contributed by atoms with Crippen molar-refractivity contribution in [3.05, 3.63) is 0 Å². The fraction of sp³-hybridized carbons (Fsp3) is 0.917. The molecule has 2 atom stereocenters. The lowest BCUT2D eigenvalue weighted by Gasteiger charge is -2.27. The molecule has 1 saturated carbocycles. The van der Waals surface area contributed by atoms with E-state index >= 15 is 0 Å². The first-order valence-corrected chi connectivity index (χ1v) is 8.18. The Kier molecular flexibility index (Phi) is 3.54. The molecule has 2 aliphatic rings. The Bertz CT molecular complexity index is 309. The number of alkyl halides is 2. The minimum atomic E-state index is -0.397. The summed E-state index contributed by atoms with van der Waals surface area (Å²) in [5, 5.41) is 2.03. The van der Waals surface area contributed by atoms with Crippen molar-refractivity contribution in [1.29, 1.82) is 0 Å². The average Bonchev–Trinajstić information content (AvgIpc) is 2.60. The molecule has 17 heavy (non-hydrogen) atoms.